The van der Waals surface area contributed by atoms with Gasteiger partial charge in [-0.25, -0.2) is 9.97 Å². The number of aromatic nitrogens is 2. The molecule has 4 nitrogen and oxygen atoms in total. The van der Waals surface area contributed by atoms with Crippen LogP contribution in [0.25, 0.3) is 10.2 Å². The molecule has 1 aromatic carbocycles. The lowest BCUT2D eigenvalue weighted by molar-refractivity contribution is -0.113. The van der Waals surface area contributed by atoms with Crippen LogP contribution in [0, 0.1) is 0 Å². The molecule has 0 aliphatic heterocycles. The molecule has 3 rings (SSSR count). The van der Waals surface area contributed by atoms with Crippen molar-refractivity contribution >= 4 is 44.9 Å². The minimum atomic E-state index is -0.00223. The van der Waals surface area contributed by atoms with Gasteiger partial charge in [-0.2, -0.15) is 0 Å². The highest BCUT2D eigenvalue weighted by Gasteiger charge is 2.12. The number of nitrogens with zero attached hydrogens (tertiary/aromatic N) is 2. The van der Waals surface area contributed by atoms with E-state index < -0.39 is 0 Å². The molecule has 0 radical (unpaired) electrons. The highest BCUT2D eigenvalue weighted by atomic mass is 32.2. The van der Waals surface area contributed by atoms with Crippen LogP contribution in [0.4, 0.5) is 5.69 Å². The number of para-hydroxylation sites is 1. The number of carbonyl (C=O) groups excluding carboxylic acids is 1. The SMILES string of the molecule is CCc1cccc(CC)c1NC(=O)CSc1ncnc2sccc12. The summed E-state index contributed by atoms with van der Waals surface area (Å²) in [4.78, 5) is 21.9. The van der Waals surface area contributed by atoms with Crippen LogP contribution < -0.4 is 5.32 Å². The highest BCUT2D eigenvalue weighted by molar-refractivity contribution is 8.00. The molecular weight excluding hydrogens is 338 g/mol. The maximum atomic E-state index is 12.4. The summed E-state index contributed by atoms with van der Waals surface area (Å²) in [7, 11) is 0. The molecule has 0 atom stereocenters. The van der Waals surface area contributed by atoms with E-state index in [1.807, 2.05) is 11.4 Å². The largest absolute Gasteiger partial charge is 0.325 e. The number of nitrogens with one attached hydrogen (secondary N) is 1. The van der Waals surface area contributed by atoms with Crippen molar-refractivity contribution in [3.05, 3.63) is 47.1 Å². The second-order valence-corrected chi connectivity index (χ2v) is 7.17. The zero-order chi connectivity index (χ0) is 16.9. The van der Waals surface area contributed by atoms with Crippen molar-refractivity contribution in [2.24, 2.45) is 0 Å². The number of hydrogen-bond donors (Lipinski definition) is 1. The van der Waals surface area contributed by atoms with Crippen LogP contribution in [0.1, 0.15) is 25.0 Å². The first-order chi connectivity index (χ1) is 11.7. The van der Waals surface area contributed by atoms with Crippen molar-refractivity contribution in [3.8, 4) is 0 Å². The highest BCUT2D eigenvalue weighted by Crippen LogP contribution is 2.28. The van der Waals surface area contributed by atoms with E-state index in [1.165, 1.54) is 22.9 Å². The fourth-order valence-electron chi connectivity index (χ4n) is 2.59. The van der Waals surface area contributed by atoms with E-state index in [1.54, 1.807) is 17.7 Å². The predicted octanol–water partition coefficient (Wildman–Crippen LogP) is 4.55. The summed E-state index contributed by atoms with van der Waals surface area (Å²) in [6, 6.07) is 8.19. The van der Waals surface area contributed by atoms with E-state index in [-0.39, 0.29) is 5.91 Å². The van der Waals surface area contributed by atoms with Crippen molar-refractivity contribution in [1.82, 2.24) is 9.97 Å². The first-order valence-corrected chi connectivity index (χ1v) is 9.81. The van der Waals surface area contributed by atoms with Crippen molar-refractivity contribution < 1.29 is 4.79 Å². The van der Waals surface area contributed by atoms with Gasteiger partial charge >= 0.3 is 0 Å². The van der Waals surface area contributed by atoms with Crippen molar-refractivity contribution in [1.29, 1.82) is 0 Å². The second kappa shape index (κ2) is 7.77. The van der Waals surface area contributed by atoms with Gasteiger partial charge in [-0.15, -0.1) is 11.3 Å². The molecule has 6 heteroatoms. The van der Waals surface area contributed by atoms with Gasteiger partial charge in [-0.3, -0.25) is 4.79 Å². The third kappa shape index (κ3) is 3.60. The average Bonchev–Trinajstić information content (AvgIpc) is 3.09. The molecule has 0 bridgehead atoms. The molecule has 0 aliphatic rings. The Morgan fingerprint density at radius 1 is 1.17 bits per heavy atom. The molecule has 2 heterocycles. The number of aryl methyl sites for hydroxylation is 2. The van der Waals surface area contributed by atoms with E-state index in [0.717, 1.165) is 33.8 Å². The van der Waals surface area contributed by atoms with Crippen molar-refractivity contribution in [2.45, 2.75) is 31.7 Å². The molecule has 24 heavy (non-hydrogen) atoms. The number of carbonyl (C=O) groups is 1. The number of rotatable bonds is 6. The standard InChI is InChI=1S/C18H19N3OS2/c1-3-12-6-5-7-13(4-2)16(12)21-15(22)10-24-18-14-8-9-23-17(14)19-11-20-18/h5-9,11H,3-4,10H2,1-2H3,(H,21,22). The van der Waals surface area contributed by atoms with Crippen LogP contribution in [0.5, 0.6) is 0 Å². The number of fused-ring (bicyclic) bond motifs is 1. The summed E-state index contributed by atoms with van der Waals surface area (Å²) in [5, 5.41) is 6.96. The third-order valence-electron chi connectivity index (χ3n) is 3.83. The summed E-state index contributed by atoms with van der Waals surface area (Å²) >= 11 is 3.04. The summed E-state index contributed by atoms with van der Waals surface area (Å²) in [5.41, 5.74) is 3.32. The van der Waals surface area contributed by atoms with Gasteiger partial charge in [-0.1, -0.05) is 43.8 Å². The molecule has 0 saturated carbocycles. The molecule has 0 aliphatic carbocycles. The van der Waals surface area contributed by atoms with Gasteiger partial charge in [-0.05, 0) is 35.4 Å². The lowest BCUT2D eigenvalue weighted by atomic mass is 10.0. The zero-order valence-corrected chi connectivity index (χ0v) is 15.3. The van der Waals surface area contributed by atoms with E-state index in [0.29, 0.717) is 5.75 Å². The van der Waals surface area contributed by atoms with Crippen LogP contribution >= 0.6 is 23.1 Å². The Balaban J connectivity index is 1.72. The van der Waals surface area contributed by atoms with Gasteiger partial charge in [0.1, 0.15) is 16.2 Å². The fourth-order valence-corrected chi connectivity index (χ4v) is 4.17. The maximum Gasteiger partial charge on any atom is 0.234 e. The summed E-state index contributed by atoms with van der Waals surface area (Å²) < 4.78 is 0. The second-order valence-electron chi connectivity index (χ2n) is 5.31. The number of thiophene rings is 1. The van der Waals surface area contributed by atoms with E-state index in [9.17, 15) is 4.79 Å². The van der Waals surface area contributed by atoms with Crippen LogP contribution in [-0.2, 0) is 17.6 Å². The maximum absolute atomic E-state index is 12.4. The Kier molecular flexibility index (Phi) is 5.48. The minimum Gasteiger partial charge on any atom is -0.325 e. The van der Waals surface area contributed by atoms with Crippen molar-refractivity contribution in [2.75, 3.05) is 11.1 Å². The number of anilines is 1. The van der Waals surface area contributed by atoms with Crippen molar-refractivity contribution in [3.63, 3.8) is 0 Å². The molecule has 2 aromatic heterocycles. The average molecular weight is 358 g/mol. The molecule has 0 unspecified atom stereocenters. The van der Waals surface area contributed by atoms with Crippen LogP contribution in [0.2, 0.25) is 0 Å². The van der Waals surface area contributed by atoms with E-state index >= 15 is 0 Å². The van der Waals surface area contributed by atoms with E-state index in [4.69, 9.17) is 0 Å². The molecule has 0 saturated heterocycles. The van der Waals surface area contributed by atoms with Crippen LogP contribution in [-0.4, -0.2) is 21.6 Å². The van der Waals surface area contributed by atoms with Gasteiger partial charge in [0.15, 0.2) is 0 Å². The summed E-state index contributed by atoms with van der Waals surface area (Å²) in [6.07, 6.45) is 3.36. The Morgan fingerprint density at radius 2 is 1.92 bits per heavy atom. The Morgan fingerprint density at radius 3 is 2.62 bits per heavy atom. The third-order valence-corrected chi connectivity index (χ3v) is 5.65. The summed E-state index contributed by atoms with van der Waals surface area (Å²) in [5.74, 6) is 0.334. The van der Waals surface area contributed by atoms with Gasteiger partial charge in [0.05, 0.1) is 5.75 Å². The van der Waals surface area contributed by atoms with Gasteiger partial charge < -0.3 is 5.32 Å². The molecule has 1 N–H and O–H groups in total. The normalized spacial score (nSPS) is 10.9. The molecule has 124 valence electrons. The first-order valence-electron chi connectivity index (χ1n) is 7.94. The molecular formula is C18H19N3OS2. The summed E-state index contributed by atoms with van der Waals surface area (Å²) in [6.45, 7) is 4.21. The van der Waals surface area contributed by atoms with Gasteiger partial charge in [0, 0.05) is 11.1 Å². The van der Waals surface area contributed by atoms with Crippen LogP contribution in [0.3, 0.4) is 0 Å². The number of amides is 1. The Bertz CT molecular complexity index is 838. The quantitative estimate of drug-likeness (QED) is 0.519. The van der Waals surface area contributed by atoms with Gasteiger partial charge in [0.2, 0.25) is 5.91 Å². The first kappa shape index (κ1) is 16.9. The minimum absolute atomic E-state index is 0.00223. The molecule has 1 amide bonds. The molecule has 3 aromatic rings. The lowest BCUT2D eigenvalue weighted by Gasteiger charge is -2.14. The fraction of sp³-hybridized carbons (Fsp3) is 0.278. The van der Waals surface area contributed by atoms with Gasteiger partial charge in [0.25, 0.3) is 0 Å². The molecule has 0 fully saturated rings. The predicted molar refractivity (Wildman–Crippen MR) is 102 cm³/mol. The topological polar surface area (TPSA) is 54.9 Å². The smallest absolute Gasteiger partial charge is 0.234 e. The monoisotopic (exact) mass is 357 g/mol. The zero-order valence-electron chi connectivity index (χ0n) is 13.7. The number of hydrogen-bond acceptors (Lipinski definition) is 5. The Hall–Kier alpha value is -1.92. The van der Waals surface area contributed by atoms with E-state index in [2.05, 4.69) is 47.3 Å². The lowest BCUT2D eigenvalue weighted by Crippen LogP contribution is -2.16. The number of benzene rings is 1. The Labute approximate surface area is 149 Å². The number of thioether (sulfide) groups is 1. The van der Waals surface area contributed by atoms with Crippen LogP contribution in [0.15, 0.2) is 41.0 Å². The molecule has 0 spiro atoms.